The van der Waals surface area contributed by atoms with Crippen molar-refractivity contribution in [3.63, 3.8) is 0 Å². The Morgan fingerprint density at radius 3 is 2.56 bits per heavy atom. The van der Waals surface area contributed by atoms with Crippen LogP contribution >= 0.6 is 11.3 Å². The molecule has 2 amide bonds. The van der Waals surface area contributed by atoms with E-state index in [0.717, 1.165) is 11.3 Å². The van der Waals surface area contributed by atoms with E-state index in [-0.39, 0.29) is 6.42 Å². The van der Waals surface area contributed by atoms with Crippen LogP contribution in [0.15, 0.2) is 11.4 Å². The van der Waals surface area contributed by atoms with Crippen molar-refractivity contribution in [1.82, 2.24) is 0 Å². The zero-order valence-electron chi connectivity index (χ0n) is 9.23. The molecule has 1 atom stereocenters. The maximum absolute atomic E-state index is 11.3. The van der Waals surface area contributed by atoms with E-state index >= 15 is 0 Å². The van der Waals surface area contributed by atoms with E-state index in [1.807, 2.05) is 11.4 Å². The van der Waals surface area contributed by atoms with E-state index in [9.17, 15) is 9.59 Å². The lowest BCUT2D eigenvalue weighted by molar-refractivity contribution is -0.120. The molecule has 0 spiro atoms. The number of primary amides is 2. The summed E-state index contributed by atoms with van der Waals surface area (Å²) in [5.74, 6) is -1.19. The lowest BCUT2D eigenvalue weighted by atomic mass is 10.00. The fourth-order valence-electron chi connectivity index (χ4n) is 1.47. The average molecular weight is 240 g/mol. The Labute approximate surface area is 98.6 Å². The third-order valence-corrected chi connectivity index (χ3v) is 3.54. The molecule has 5 heteroatoms. The van der Waals surface area contributed by atoms with Crippen molar-refractivity contribution in [2.45, 2.75) is 32.1 Å². The van der Waals surface area contributed by atoms with Gasteiger partial charge in [-0.3, -0.25) is 9.59 Å². The molecule has 0 saturated carbocycles. The Balaban J connectivity index is 2.76. The van der Waals surface area contributed by atoms with Crippen LogP contribution in [0.25, 0.3) is 0 Å². The van der Waals surface area contributed by atoms with Crippen molar-refractivity contribution < 1.29 is 9.59 Å². The van der Waals surface area contributed by atoms with E-state index in [1.165, 1.54) is 16.9 Å². The molecule has 88 valence electrons. The van der Waals surface area contributed by atoms with Crippen LogP contribution in [0.4, 0.5) is 0 Å². The second-order valence-corrected chi connectivity index (χ2v) is 4.61. The molecule has 0 saturated heterocycles. The van der Waals surface area contributed by atoms with Crippen molar-refractivity contribution in [3.05, 3.63) is 21.9 Å². The summed E-state index contributed by atoms with van der Waals surface area (Å²) >= 11 is 1.51. The molecule has 1 aromatic heterocycles. The van der Waals surface area contributed by atoms with Crippen molar-refractivity contribution >= 4 is 23.2 Å². The van der Waals surface area contributed by atoms with Crippen LogP contribution in [0.1, 0.15) is 36.1 Å². The van der Waals surface area contributed by atoms with Gasteiger partial charge in [0.15, 0.2) is 0 Å². The van der Waals surface area contributed by atoms with Gasteiger partial charge < -0.3 is 11.5 Å². The van der Waals surface area contributed by atoms with Gasteiger partial charge in [0, 0.05) is 11.3 Å². The van der Waals surface area contributed by atoms with Crippen LogP contribution in [0.2, 0.25) is 0 Å². The van der Waals surface area contributed by atoms with Gasteiger partial charge in [0.1, 0.15) is 0 Å². The second-order valence-electron chi connectivity index (χ2n) is 3.67. The fourth-order valence-corrected chi connectivity index (χ4v) is 2.61. The first-order chi connectivity index (χ1) is 7.54. The summed E-state index contributed by atoms with van der Waals surface area (Å²) < 4.78 is 0. The molecule has 1 aromatic rings. The number of carbonyl (C=O) groups is 2. The number of amides is 2. The Morgan fingerprint density at radius 2 is 2.12 bits per heavy atom. The molecule has 0 aliphatic carbocycles. The first-order valence-electron chi connectivity index (χ1n) is 5.19. The van der Waals surface area contributed by atoms with Gasteiger partial charge >= 0.3 is 0 Å². The number of hydrogen-bond acceptors (Lipinski definition) is 3. The molecule has 0 aliphatic rings. The van der Waals surface area contributed by atoms with Gasteiger partial charge in [-0.2, -0.15) is 0 Å². The molecular formula is C11H16N2O2S. The van der Waals surface area contributed by atoms with Crippen LogP contribution in [-0.4, -0.2) is 11.8 Å². The summed E-state index contributed by atoms with van der Waals surface area (Å²) in [5.41, 5.74) is 11.6. The summed E-state index contributed by atoms with van der Waals surface area (Å²) in [6.45, 7) is 2.05. The third-order valence-electron chi connectivity index (χ3n) is 2.45. The minimum Gasteiger partial charge on any atom is -0.370 e. The maximum atomic E-state index is 11.3. The minimum absolute atomic E-state index is 0.187. The number of rotatable bonds is 6. The smallest absolute Gasteiger partial charge is 0.225 e. The molecule has 1 heterocycles. The highest BCUT2D eigenvalue weighted by Gasteiger charge is 2.20. The molecule has 0 bridgehead atoms. The molecule has 0 aliphatic heterocycles. The SMILES string of the molecule is CCc1csc(C(CCC(N)=O)C(N)=O)c1. The van der Waals surface area contributed by atoms with E-state index in [1.54, 1.807) is 0 Å². The number of hydrogen-bond donors (Lipinski definition) is 2. The maximum Gasteiger partial charge on any atom is 0.225 e. The predicted octanol–water partition coefficient (Wildman–Crippen LogP) is 1.14. The quantitative estimate of drug-likeness (QED) is 0.781. The van der Waals surface area contributed by atoms with Crippen LogP contribution in [0, 0.1) is 0 Å². The summed E-state index contributed by atoms with van der Waals surface area (Å²) in [6, 6.07) is 1.97. The van der Waals surface area contributed by atoms with E-state index in [0.29, 0.717) is 6.42 Å². The molecule has 0 fully saturated rings. The monoisotopic (exact) mass is 240 g/mol. The molecule has 0 aromatic carbocycles. The second kappa shape index (κ2) is 5.65. The Hall–Kier alpha value is -1.36. The standard InChI is InChI=1S/C11H16N2O2S/c1-2-7-5-9(16-6-7)8(11(13)15)3-4-10(12)14/h5-6,8H,2-4H2,1H3,(H2,12,14)(H2,13,15). The summed E-state index contributed by atoms with van der Waals surface area (Å²) in [4.78, 5) is 22.9. The van der Waals surface area contributed by atoms with Gasteiger partial charge in [-0.15, -0.1) is 11.3 Å². The lowest BCUT2D eigenvalue weighted by Gasteiger charge is -2.09. The van der Waals surface area contributed by atoms with Crippen molar-refractivity contribution in [2.24, 2.45) is 11.5 Å². The Bertz CT molecular complexity index is 387. The van der Waals surface area contributed by atoms with Crippen molar-refractivity contribution in [3.8, 4) is 0 Å². The average Bonchev–Trinajstić information content (AvgIpc) is 2.65. The largest absolute Gasteiger partial charge is 0.370 e. The minimum atomic E-state index is -0.404. The highest BCUT2D eigenvalue weighted by atomic mass is 32.1. The van der Waals surface area contributed by atoms with Gasteiger partial charge in [0.2, 0.25) is 11.8 Å². The number of aryl methyl sites for hydroxylation is 1. The summed E-state index contributed by atoms with van der Waals surface area (Å²) in [5, 5.41) is 2.01. The van der Waals surface area contributed by atoms with E-state index in [2.05, 4.69) is 6.92 Å². The topological polar surface area (TPSA) is 86.2 Å². The van der Waals surface area contributed by atoms with Crippen LogP contribution in [0.3, 0.4) is 0 Å². The zero-order chi connectivity index (χ0) is 12.1. The lowest BCUT2D eigenvalue weighted by Crippen LogP contribution is -2.22. The predicted molar refractivity (Wildman–Crippen MR) is 64.1 cm³/mol. The number of thiophene rings is 1. The molecule has 4 N–H and O–H groups in total. The summed E-state index contributed by atoms with van der Waals surface area (Å²) in [6.07, 6.45) is 1.51. The molecular weight excluding hydrogens is 224 g/mol. The third kappa shape index (κ3) is 3.34. The van der Waals surface area contributed by atoms with E-state index < -0.39 is 17.7 Å². The highest BCUT2D eigenvalue weighted by Crippen LogP contribution is 2.27. The molecule has 4 nitrogen and oxygen atoms in total. The zero-order valence-corrected chi connectivity index (χ0v) is 10.0. The Kier molecular flexibility index (Phi) is 4.49. The van der Waals surface area contributed by atoms with Gasteiger partial charge in [-0.1, -0.05) is 6.92 Å². The highest BCUT2D eigenvalue weighted by molar-refractivity contribution is 7.10. The molecule has 16 heavy (non-hydrogen) atoms. The van der Waals surface area contributed by atoms with Gasteiger partial charge in [0.05, 0.1) is 5.92 Å². The number of nitrogens with two attached hydrogens (primary N) is 2. The molecule has 1 rings (SSSR count). The first kappa shape index (κ1) is 12.7. The van der Waals surface area contributed by atoms with Gasteiger partial charge in [-0.25, -0.2) is 0 Å². The number of carbonyl (C=O) groups excluding carboxylic acids is 2. The van der Waals surface area contributed by atoms with Crippen LogP contribution in [0.5, 0.6) is 0 Å². The van der Waals surface area contributed by atoms with Crippen molar-refractivity contribution in [1.29, 1.82) is 0 Å². The van der Waals surface area contributed by atoms with Gasteiger partial charge in [0.25, 0.3) is 0 Å². The normalized spacial score (nSPS) is 12.3. The molecule has 1 unspecified atom stereocenters. The van der Waals surface area contributed by atoms with Gasteiger partial charge in [-0.05, 0) is 29.9 Å². The first-order valence-corrected chi connectivity index (χ1v) is 6.07. The van der Waals surface area contributed by atoms with Crippen molar-refractivity contribution in [2.75, 3.05) is 0 Å². The fraction of sp³-hybridized carbons (Fsp3) is 0.455. The molecule has 0 radical (unpaired) electrons. The van der Waals surface area contributed by atoms with Crippen LogP contribution in [-0.2, 0) is 16.0 Å². The van der Waals surface area contributed by atoms with E-state index in [4.69, 9.17) is 11.5 Å². The Morgan fingerprint density at radius 1 is 1.44 bits per heavy atom. The van der Waals surface area contributed by atoms with Crippen LogP contribution < -0.4 is 11.5 Å². The summed E-state index contributed by atoms with van der Waals surface area (Å²) in [7, 11) is 0.